The van der Waals surface area contributed by atoms with Gasteiger partial charge in [-0.1, -0.05) is 12.1 Å². The summed E-state index contributed by atoms with van der Waals surface area (Å²) < 4.78 is 13.5. The van der Waals surface area contributed by atoms with Crippen molar-refractivity contribution in [3.63, 3.8) is 0 Å². The Morgan fingerprint density at radius 1 is 1.14 bits per heavy atom. The molecule has 0 fully saturated rings. The van der Waals surface area contributed by atoms with Crippen LogP contribution in [0.1, 0.15) is 0 Å². The van der Waals surface area contributed by atoms with E-state index in [1.54, 1.807) is 0 Å². The highest BCUT2D eigenvalue weighted by Crippen LogP contribution is 2.30. The highest BCUT2D eigenvalue weighted by molar-refractivity contribution is 5.90. The Hall–Kier alpha value is -2.73. The molecule has 5 nitrogen and oxygen atoms in total. The zero-order valence-corrected chi connectivity index (χ0v) is 11.8. The molecule has 3 aromatic rings. The number of para-hydroxylation sites is 1. The molecular weight excluding hydrogens is 283 g/mol. The highest BCUT2D eigenvalue weighted by atomic mass is 19.1. The molecule has 0 aliphatic heterocycles. The van der Waals surface area contributed by atoms with Crippen molar-refractivity contribution >= 4 is 16.7 Å². The van der Waals surface area contributed by atoms with Crippen LogP contribution >= 0.6 is 0 Å². The van der Waals surface area contributed by atoms with Gasteiger partial charge in [0.15, 0.2) is 5.82 Å². The first-order valence-electron chi connectivity index (χ1n) is 6.88. The fourth-order valence-electron chi connectivity index (χ4n) is 2.21. The van der Waals surface area contributed by atoms with Gasteiger partial charge >= 0.3 is 0 Å². The fourth-order valence-corrected chi connectivity index (χ4v) is 2.21. The number of hydrogen-bond donors (Lipinski definition) is 3. The van der Waals surface area contributed by atoms with Gasteiger partial charge in [-0.2, -0.15) is 0 Å². The molecule has 3 rings (SSSR count). The lowest BCUT2D eigenvalue weighted by atomic mass is 10.1. The Kier molecular flexibility index (Phi) is 3.84. The molecule has 0 radical (unpaired) electrons. The topological polar surface area (TPSA) is 84.1 Å². The molecule has 2 aromatic carbocycles. The van der Waals surface area contributed by atoms with Gasteiger partial charge in [0.25, 0.3) is 0 Å². The Morgan fingerprint density at radius 2 is 1.95 bits per heavy atom. The number of fused-ring (bicyclic) bond motifs is 1. The van der Waals surface area contributed by atoms with Crippen molar-refractivity contribution in [3.05, 3.63) is 48.3 Å². The van der Waals surface area contributed by atoms with Crippen molar-refractivity contribution < 1.29 is 9.50 Å². The summed E-state index contributed by atoms with van der Waals surface area (Å²) in [5.74, 6) is 0.340. The quantitative estimate of drug-likeness (QED) is 0.689. The van der Waals surface area contributed by atoms with Gasteiger partial charge in [0.1, 0.15) is 17.4 Å². The van der Waals surface area contributed by atoms with Crippen LogP contribution in [0.15, 0.2) is 42.5 Å². The summed E-state index contributed by atoms with van der Waals surface area (Å²) in [5, 5.41) is 13.9. The summed E-state index contributed by atoms with van der Waals surface area (Å²) in [5.41, 5.74) is 6.47. The fraction of sp³-hybridized carbons (Fsp3) is 0.125. The number of aromatic hydroxyl groups is 1. The van der Waals surface area contributed by atoms with Crippen molar-refractivity contribution in [1.82, 2.24) is 9.97 Å². The zero-order chi connectivity index (χ0) is 15.5. The number of nitrogens with two attached hydrogens (primary N) is 1. The normalized spacial score (nSPS) is 10.8. The lowest BCUT2D eigenvalue weighted by Crippen LogP contribution is -2.14. The summed E-state index contributed by atoms with van der Waals surface area (Å²) in [6, 6.07) is 11.2. The maximum atomic E-state index is 13.5. The van der Waals surface area contributed by atoms with Crippen LogP contribution in [0.4, 0.5) is 10.2 Å². The SMILES string of the molecule is NCCNc1nc(-c2cc(F)ccc2O)nc2ccccc12. The van der Waals surface area contributed by atoms with E-state index in [4.69, 9.17) is 5.73 Å². The minimum atomic E-state index is -0.457. The third-order valence-corrected chi connectivity index (χ3v) is 3.24. The van der Waals surface area contributed by atoms with Crippen LogP contribution < -0.4 is 11.1 Å². The monoisotopic (exact) mass is 298 g/mol. The molecule has 0 unspecified atom stereocenters. The van der Waals surface area contributed by atoms with Gasteiger partial charge in [-0.05, 0) is 30.3 Å². The number of hydrogen-bond acceptors (Lipinski definition) is 5. The highest BCUT2D eigenvalue weighted by Gasteiger charge is 2.13. The second kappa shape index (κ2) is 5.95. The molecule has 0 saturated carbocycles. The Bertz CT molecular complexity index is 822. The van der Waals surface area contributed by atoms with E-state index in [9.17, 15) is 9.50 Å². The molecular formula is C16H15FN4O. The number of nitrogens with zero attached hydrogens (tertiary/aromatic N) is 2. The minimum absolute atomic E-state index is 0.0681. The maximum Gasteiger partial charge on any atom is 0.165 e. The maximum absolute atomic E-state index is 13.5. The predicted octanol–water partition coefficient (Wildman–Crippen LogP) is 2.51. The number of anilines is 1. The first kappa shape index (κ1) is 14.2. The van der Waals surface area contributed by atoms with E-state index in [2.05, 4.69) is 15.3 Å². The summed E-state index contributed by atoms with van der Waals surface area (Å²) in [7, 11) is 0. The first-order chi connectivity index (χ1) is 10.7. The molecule has 0 aliphatic rings. The molecule has 1 heterocycles. The van der Waals surface area contributed by atoms with Gasteiger partial charge in [0.05, 0.1) is 11.1 Å². The number of benzene rings is 2. The average molecular weight is 298 g/mol. The number of phenols is 1. The molecule has 0 bridgehead atoms. The Morgan fingerprint density at radius 3 is 2.77 bits per heavy atom. The van der Waals surface area contributed by atoms with Crippen LogP contribution in [0.2, 0.25) is 0 Å². The molecule has 6 heteroatoms. The second-order valence-electron chi connectivity index (χ2n) is 4.79. The van der Waals surface area contributed by atoms with Crippen LogP contribution in [-0.2, 0) is 0 Å². The smallest absolute Gasteiger partial charge is 0.165 e. The minimum Gasteiger partial charge on any atom is -0.507 e. The molecule has 0 spiro atoms. The number of halogens is 1. The van der Waals surface area contributed by atoms with Gasteiger partial charge in [0.2, 0.25) is 0 Å². The van der Waals surface area contributed by atoms with E-state index in [1.807, 2.05) is 24.3 Å². The summed E-state index contributed by atoms with van der Waals surface area (Å²) >= 11 is 0. The Labute approximate surface area is 126 Å². The van der Waals surface area contributed by atoms with Crippen LogP contribution in [0.5, 0.6) is 5.75 Å². The van der Waals surface area contributed by atoms with Crippen LogP contribution in [-0.4, -0.2) is 28.2 Å². The van der Waals surface area contributed by atoms with Gasteiger partial charge in [-0.3, -0.25) is 0 Å². The van der Waals surface area contributed by atoms with Crippen LogP contribution in [0.25, 0.3) is 22.3 Å². The average Bonchev–Trinajstić information content (AvgIpc) is 2.54. The summed E-state index contributed by atoms with van der Waals surface area (Å²) in [6.45, 7) is 1.01. The van der Waals surface area contributed by atoms with Crippen LogP contribution in [0.3, 0.4) is 0 Å². The molecule has 0 saturated heterocycles. The predicted molar refractivity (Wildman–Crippen MR) is 84.1 cm³/mol. The van der Waals surface area contributed by atoms with Crippen molar-refractivity contribution in [2.75, 3.05) is 18.4 Å². The van der Waals surface area contributed by atoms with E-state index in [0.29, 0.717) is 24.4 Å². The van der Waals surface area contributed by atoms with E-state index < -0.39 is 5.82 Å². The first-order valence-corrected chi connectivity index (χ1v) is 6.88. The van der Waals surface area contributed by atoms with Gasteiger partial charge in [0, 0.05) is 18.5 Å². The van der Waals surface area contributed by atoms with Crippen molar-refractivity contribution in [2.45, 2.75) is 0 Å². The van der Waals surface area contributed by atoms with Gasteiger partial charge in [-0.25, -0.2) is 14.4 Å². The van der Waals surface area contributed by atoms with Gasteiger partial charge in [-0.15, -0.1) is 0 Å². The third kappa shape index (κ3) is 2.68. The number of rotatable bonds is 4. The zero-order valence-electron chi connectivity index (χ0n) is 11.8. The van der Waals surface area contributed by atoms with E-state index in [0.717, 1.165) is 5.39 Å². The molecule has 112 valence electrons. The summed E-state index contributed by atoms with van der Waals surface area (Å²) in [4.78, 5) is 8.81. The second-order valence-corrected chi connectivity index (χ2v) is 4.79. The molecule has 22 heavy (non-hydrogen) atoms. The van der Waals surface area contributed by atoms with Crippen LogP contribution in [0, 0.1) is 5.82 Å². The number of phenolic OH excluding ortho intramolecular Hbond substituents is 1. The Balaban J connectivity index is 2.19. The lowest BCUT2D eigenvalue weighted by Gasteiger charge is -2.11. The molecule has 1 aromatic heterocycles. The van der Waals surface area contributed by atoms with E-state index in [-0.39, 0.29) is 17.1 Å². The molecule has 0 aliphatic carbocycles. The van der Waals surface area contributed by atoms with Crippen molar-refractivity contribution in [2.24, 2.45) is 5.73 Å². The van der Waals surface area contributed by atoms with E-state index in [1.165, 1.54) is 18.2 Å². The molecule has 4 N–H and O–H groups in total. The third-order valence-electron chi connectivity index (χ3n) is 3.24. The number of nitrogens with one attached hydrogen (secondary N) is 1. The van der Waals surface area contributed by atoms with Gasteiger partial charge < -0.3 is 16.2 Å². The largest absolute Gasteiger partial charge is 0.507 e. The number of aromatic nitrogens is 2. The van der Waals surface area contributed by atoms with Crippen molar-refractivity contribution in [3.8, 4) is 17.1 Å². The van der Waals surface area contributed by atoms with Crippen molar-refractivity contribution in [1.29, 1.82) is 0 Å². The lowest BCUT2D eigenvalue weighted by molar-refractivity contribution is 0.475. The standard InChI is InChI=1S/C16H15FN4O/c17-10-5-6-14(22)12(9-10)16-20-13-4-2-1-3-11(13)15(21-16)19-8-7-18/h1-6,9,22H,7-8,18H2,(H,19,20,21). The van der Waals surface area contributed by atoms with E-state index >= 15 is 0 Å². The summed E-state index contributed by atoms with van der Waals surface area (Å²) in [6.07, 6.45) is 0. The molecule has 0 amide bonds. The molecule has 0 atom stereocenters.